The molecule has 0 aliphatic rings. The van der Waals surface area contributed by atoms with Gasteiger partial charge in [0.2, 0.25) is 23.0 Å². The summed E-state index contributed by atoms with van der Waals surface area (Å²) in [5.74, 6) is -6.29. The molecule has 0 fully saturated rings. The van der Waals surface area contributed by atoms with E-state index in [0.29, 0.717) is 11.1 Å². The molecule has 0 aliphatic heterocycles. The first-order chi connectivity index (χ1) is 19.0. The van der Waals surface area contributed by atoms with E-state index in [2.05, 4.69) is 0 Å². The third kappa shape index (κ3) is 6.69. The molecular formula is C30H24O10. The Hall–Kier alpha value is -5.90. The van der Waals surface area contributed by atoms with E-state index in [4.69, 9.17) is 0 Å². The van der Waals surface area contributed by atoms with Crippen LogP contribution in [0, 0.1) is 0 Å². The van der Waals surface area contributed by atoms with Gasteiger partial charge in [-0.05, 0) is 36.4 Å². The summed E-state index contributed by atoms with van der Waals surface area (Å²) in [5.41, 5.74) is 0.968. The minimum atomic E-state index is -0.836. The van der Waals surface area contributed by atoms with Crippen LogP contribution >= 0.6 is 0 Å². The molecule has 204 valence electrons. The van der Waals surface area contributed by atoms with Crippen LogP contribution in [0.5, 0.6) is 46.0 Å². The number of phenolic OH excluding ortho intramolecular Hbond substituents is 8. The molecule has 4 aromatic carbocycles. The SMILES string of the molecule is O=C(C=Cc1cc(O)c(O)c(O)c1O)c1ccccc1.O=C(C=Cc1cc(O)c(O)c(O)c1O)c1ccccc1. The average molecular weight is 545 g/mol. The standard InChI is InChI=1S/2C15H12O5/c2*16-11(9-4-2-1-3-5-9)7-6-10-8-12(17)14(19)15(20)13(10)18/h2*1-8,17-20H. The highest BCUT2D eigenvalue weighted by molar-refractivity contribution is 6.07. The number of phenols is 8. The molecular weight excluding hydrogens is 520 g/mol. The van der Waals surface area contributed by atoms with Crippen LogP contribution in [0.1, 0.15) is 31.8 Å². The third-order valence-corrected chi connectivity index (χ3v) is 5.46. The minimum Gasteiger partial charge on any atom is -0.504 e. The molecule has 10 nitrogen and oxygen atoms in total. The number of carbonyl (C=O) groups is 2. The second-order valence-corrected chi connectivity index (χ2v) is 8.19. The summed E-state index contributed by atoms with van der Waals surface area (Å²) < 4.78 is 0. The molecule has 0 spiro atoms. The summed E-state index contributed by atoms with van der Waals surface area (Å²) in [5, 5.41) is 75.1. The van der Waals surface area contributed by atoms with E-state index in [9.17, 15) is 50.4 Å². The number of allylic oxidation sites excluding steroid dienone is 2. The first kappa shape index (κ1) is 28.7. The Balaban J connectivity index is 0.000000220. The Morgan fingerprint density at radius 1 is 0.450 bits per heavy atom. The summed E-state index contributed by atoms with van der Waals surface area (Å²) in [6, 6.07) is 19.1. The van der Waals surface area contributed by atoms with Gasteiger partial charge in [0, 0.05) is 22.3 Å². The predicted molar refractivity (Wildman–Crippen MR) is 146 cm³/mol. The molecule has 0 amide bonds. The van der Waals surface area contributed by atoms with E-state index in [1.807, 2.05) is 0 Å². The Bertz CT molecular complexity index is 1470. The van der Waals surface area contributed by atoms with Gasteiger partial charge >= 0.3 is 0 Å². The quantitative estimate of drug-likeness (QED) is 0.0722. The maximum Gasteiger partial charge on any atom is 0.204 e. The highest BCUT2D eigenvalue weighted by Crippen LogP contribution is 2.45. The summed E-state index contributed by atoms with van der Waals surface area (Å²) in [7, 11) is 0. The van der Waals surface area contributed by atoms with Crippen LogP contribution in [0.25, 0.3) is 12.2 Å². The molecule has 4 rings (SSSR count). The van der Waals surface area contributed by atoms with E-state index in [1.165, 1.54) is 24.3 Å². The Morgan fingerprint density at radius 3 is 1.10 bits per heavy atom. The van der Waals surface area contributed by atoms with Crippen molar-refractivity contribution in [3.63, 3.8) is 0 Å². The zero-order chi connectivity index (χ0) is 29.4. The molecule has 0 atom stereocenters. The van der Waals surface area contributed by atoms with Crippen LogP contribution in [0.4, 0.5) is 0 Å². The van der Waals surface area contributed by atoms with Crippen LogP contribution in [0.15, 0.2) is 84.9 Å². The summed E-state index contributed by atoms with van der Waals surface area (Å²) in [6.07, 6.45) is 4.87. The monoisotopic (exact) mass is 544 g/mol. The predicted octanol–water partition coefficient (Wildman–Crippen LogP) is 4.81. The van der Waals surface area contributed by atoms with Crippen molar-refractivity contribution in [1.29, 1.82) is 0 Å². The van der Waals surface area contributed by atoms with Crippen LogP contribution < -0.4 is 0 Å². The molecule has 0 saturated heterocycles. The van der Waals surface area contributed by atoms with Crippen molar-refractivity contribution >= 4 is 23.7 Å². The van der Waals surface area contributed by atoms with Gasteiger partial charge in [0.1, 0.15) is 0 Å². The lowest BCUT2D eigenvalue weighted by molar-refractivity contribution is 0.103. The maximum atomic E-state index is 11.8. The van der Waals surface area contributed by atoms with E-state index in [0.717, 1.165) is 12.1 Å². The zero-order valence-electron chi connectivity index (χ0n) is 20.6. The second-order valence-electron chi connectivity index (χ2n) is 8.19. The molecule has 0 radical (unpaired) electrons. The largest absolute Gasteiger partial charge is 0.504 e. The van der Waals surface area contributed by atoms with Gasteiger partial charge in [0.05, 0.1) is 0 Å². The van der Waals surface area contributed by atoms with E-state index in [-0.39, 0.29) is 22.7 Å². The summed E-state index contributed by atoms with van der Waals surface area (Å²) >= 11 is 0. The summed E-state index contributed by atoms with van der Waals surface area (Å²) in [6.45, 7) is 0. The molecule has 4 aromatic rings. The maximum absolute atomic E-state index is 11.8. The zero-order valence-corrected chi connectivity index (χ0v) is 20.6. The van der Waals surface area contributed by atoms with Crippen LogP contribution in [0.3, 0.4) is 0 Å². The molecule has 0 bridgehead atoms. The average Bonchev–Trinajstić information content (AvgIpc) is 2.98. The van der Waals surface area contributed by atoms with Crippen molar-refractivity contribution in [1.82, 2.24) is 0 Å². The van der Waals surface area contributed by atoms with Gasteiger partial charge in [0.25, 0.3) is 0 Å². The molecule has 0 aliphatic carbocycles. The Labute approximate surface area is 227 Å². The van der Waals surface area contributed by atoms with Crippen molar-refractivity contribution in [3.05, 3.63) is 107 Å². The number of aromatic hydroxyl groups is 8. The number of carbonyl (C=O) groups excluding carboxylic acids is 2. The van der Waals surface area contributed by atoms with Gasteiger partial charge in [-0.15, -0.1) is 0 Å². The molecule has 0 aromatic heterocycles. The fourth-order valence-corrected chi connectivity index (χ4v) is 3.29. The Kier molecular flexibility index (Phi) is 9.01. The first-order valence-corrected chi connectivity index (χ1v) is 11.5. The van der Waals surface area contributed by atoms with Crippen molar-refractivity contribution < 1.29 is 50.4 Å². The van der Waals surface area contributed by atoms with Gasteiger partial charge < -0.3 is 40.9 Å². The fraction of sp³-hybridized carbons (Fsp3) is 0. The summed E-state index contributed by atoms with van der Waals surface area (Å²) in [4.78, 5) is 23.6. The fourth-order valence-electron chi connectivity index (χ4n) is 3.29. The topological polar surface area (TPSA) is 196 Å². The highest BCUT2D eigenvalue weighted by atomic mass is 16.4. The molecule has 40 heavy (non-hydrogen) atoms. The van der Waals surface area contributed by atoms with Crippen LogP contribution in [0.2, 0.25) is 0 Å². The van der Waals surface area contributed by atoms with Crippen LogP contribution in [-0.2, 0) is 0 Å². The van der Waals surface area contributed by atoms with Crippen molar-refractivity contribution in [2.24, 2.45) is 0 Å². The van der Waals surface area contributed by atoms with Crippen molar-refractivity contribution in [3.8, 4) is 46.0 Å². The lowest BCUT2D eigenvalue weighted by atomic mass is 10.1. The number of hydrogen-bond acceptors (Lipinski definition) is 10. The van der Waals surface area contributed by atoms with Crippen LogP contribution in [-0.4, -0.2) is 52.4 Å². The van der Waals surface area contributed by atoms with Gasteiger partial charge in [0.15, 0.2) is 34.6 Å². The van der Waals surface area contributed by atoms with Gasteiger partial charge in [-0.3, -0.25) is 9.59 Å². The van der Waals surface area contributed by atoms with Crippen molar-refractivity contribution in [2.75, 3.05) is 0 Å². The molecule has 0 heterocycles. The van der Waals surface area contributed by atoms with Gasteiger partial charge in [-0.1, -0.05) is 60.7 Å². The number of benzene rings is 4. The van der Waals surface area contributed by atoms with E-state index in [1.54, 1.807) is 60.7 Å². The highest BCUT2D eigenvalue weighted by Gasteiger charge is 2.16. The number of rotatable bonds is 6. The van der Waals surface area contributed by atoms with Gasteiger partial charge in [-0.25, -0.2) is 0 Å². The number of hydrogen-bond donors (Lipinski definition) is 8. The normalized spacial score (nSPS) is 10.8. The molecule has 8 N–H and O–H groups in total. The number of ketones is 2. The minimum absolute atomic E-state index is 0.0158. The lowest BCUT2D eigenvalue weighted by Gasteiger charge is -2.06. The van der Waals surface area contributed by atoms with Gasteiger partial charge in [-0.2, -0.15) is 0 Å². The molecule has 0 unspecified atom stereocenters. The molecule has 0 saturated carbocycles. The lowest BCUT2D eigenvalue weighted by Crippen LogP contribution is -1.92. The smallest absolute Gasteiger partial charge is 0.204 e. The first-order valence-electron chi connectivity index (χ1n) is 11.5. The molecule has 10 heteroatoms. The Morgan fingerprint density at radius 2 is 0.775 bits per heavy atom. The van der Waals surface area contributed by atoms with E-state index >= 15 is 0 Å². The van der Waals surface area contributed by atoms with Crippen molar-refractivity contribution in [2.45, 2.75) is 0 Å². The van der Waals surface area contributed by atoms with E-state index < -0.39 is 46.0 Å². The second kappa shape index (κ2) is 12.6. The third-order valence-electron chi connectivity index (χ3n) is 5.46.